The van der Waals surface area contributed by atoms with Crippen LogP contribution in [0.15, 0.2) is 78.4 Å². The molecule has 0 atom stereocenters. The van der Waals surface area contributed by atoms with Gasteiger partial charge < -0.3 is 4.74 Å². The Labute approximate surface area is 188 Å². The van der Waals surface area contributed by atoms with Gasteiger partial charge in [-0.2, -0.15) is 0 Å². The van der Waals surface area contributed by atoms with Gasteiger partial charge in [0.05, 0.1) is 16.2 Å². The molecule has 1 fully saturated rings. The molecule has 3 aromatic carbocycles. The van der Waals surface area contributed by atoms with Crippen molar-refractivity contribution in [2.45, 2.75) is 6.92 Å². The summed E-state index contributed by atoms with van der Waals surface area (Å²) < 4.78 is 5.44. The van der Waals surface area contributed by atoms with Crippen LogP contribution >= 0.6 is 0 Å². The molecule has 3 aromatic rings. The predicted molar refractivity (Wildman–Crippen MR) is 119 cm³/mol. The number of nitrogens with zero attached hydrogens (tertiary/aromatic N) is 2. The van der Waals surface area contributed by atoms with E-state index in [0.29, 0.717) is 5.69 Å². The van der Waals surface area contributed by atoms with Gasteiger partial charge >= 0.3 is 5.97 Å². The van der Waals surface area contributed by atoms with Crippen LogP contribution in [0.5, 0.6) is 5.75 Å². The van der Waals surface area contributed by atoms with Gasteiger partial charge in [0.1, 0.15) is 11.3 Å². The Bertz CT molecular complexity index is 1300. The van der Waals surface area contributed by atoms with Gasteiger partial charge in [-0.1, -0.05) is 35.9 Å². The van der Waals surface area contributed by atoms with Gasteiger partial charge in [-0.3, -0.25) is 25.1 Å². The molecule has 1 aliphatic heterocycles. The molecule has 0 aromatic heterocycles. The van der Waals surface area contributed by atoms with Crippen molar-refractivity contribution in [3.8, 4) is 5.75 Å². The highest BCUT2D eigenvalue weighted by Gasteiger charge is 2.34. The number of benzene rings is 3. The number of amides is 2. The van der Waals surface area contributed by atoms with Crippen molar-refractivity contribution in [3.05, 3.63) is 105 Å². The average Bonchev–Trinajstić information content (AvgIpc) is 3.09. The number of para-hydroxylation sites is 1. The summed E-state index contributed by atoms with van der Waals surface area (Å²) in [4.78, 5) is 48.6. The number of hydrogen-bond donors (Lipinski definition) is 1. The van der Waals surface area contributed by atoms with Crippen molar-refractivity contribution < 1.29 is 24.0 Å². The van der Waals surface area contributed by atoms with Crippen LogP contribution < -0.4 is 15.2 Å². The Morgan fingerprint density at radius 3 is 2.39 bits per heavy atom. The molecule has 1 aliphatic rings. The van der Waals surface area contributed by atoms with Crippen molar-refractivity contribution in [1.82, 2.24) is 5.43 Å². The fraction of sp³-hybridized carbons (Fsp3) is 0.0417. The third kappa shape index (κ3) is 4.47. The number of non-ortho nitro benzene ring substituents is 1. The summed E-state index contributed by atoms with van der Waals surface area (Å²) in [6, 6.07) is 18.7. The maximum absolute atomic E-state index is 12.9. The number of hydrazine groups is 1. The number of hydrogen-bond acceptors (Lipinski definition) is 6. The number of ether oxygens (including phenoxy) is 1. The van der Waals surface area contributed by atoms with Gasteiger partial charge in [-0.15, -0.1) is 0 Å². The van der Waals surface area contributed by atoms with E-state index in [2.05, 4.69) is 5.43 Å². The van der Waals surface area contributed by atoms with E-state index in [0.717, 1.165) is 16.6 Å². The topological polar surface area (TPSA) is 119 Å². The predicted octanol–water partition coefficient (Wildman–Crippen LogP) is 3.58. The first-order valence-corrected chi connectivity index (χ1v) is 9.83. The van der Waals surface area contributed by atoms with Crippen LogP contribution in [-0.4, -0.2) is 22.7 Å². The standard InChI is InChI=1S/C24H17N3O6/c1-15-7-9-16(10-8-15)24(30)33-21-12-11-19(27(31)32)13-17(21)14-20-22(28)25-26(23(20)29)18-5-3-2-4-6-18/h2-14H,1H3,(H,25,28). The smallest absolute Gasteiger partial charge is 0.343 e. The van der Waals surface area contributed by atoms with Crippen molar-refractivity contribution in [2.75, 3.05) is 5.01 Å². The minimum atomic E-state index is -0.689. The highest BCUT2D eigenvalue weighted by Crippen LogP contribution is 2.29. The number of anilines is 1. The Morgan fingerprint density at radius 2 is 1.73 bits per heavy atom. The zero-order valence-corrected chi connectivity index (χ0v) is 17.3. The van der Waals surface area contributed by atoms with Crippen LogP contribution in [0.2, 0.25) is 0 Å². The van der Waals surface area contributed by atoms with E-state index in [1.54, 1.807) is 54.6 Å². The molecule has 4 rings (SSSR count). The van der Waals surface area contributed by atoms with E-state index < -0.39 is 22.7 Å². The molecule has 0 aliphatic carbocycles. The van der Waals surface area contributed by atoms with Crippen LogP contribution in [0.25, 0.3) is 6.08 Å². The number of nitro benzene ring substituents is 1. The van der Waals surface area contributed by atoms with E-state index in [1.807, 2.05) is 6.92 Å². The van der Waals surface area contributed by atoms with E-state index in [9.17, 15) is 24.5 Å². The second-order valence-corrected chi connectivity index (χ2v) is 7.21. The monoisotopic (exact) mass is 443 g/mol. The molecule has 9 heteroatoms. The second-order valence-electron chi connectivity index (χ2n) is 7.21. The van der Waals surface area contributed by atoms with Gasteiger partial charge in [-0.25, -0.2) is 9.80 Å². The van der Waals surface area contributed by atoms with E-state index in [1.165, 1.54) is 18.2 Å². The third-order valence-electron chi connectivity index (χ3n) is 4.90. The van der Waals surface area contributed by atoms with Crippen LogP contribution in [-0.2, 0) is 9.59 Å². The Balaban J connectivity index is 1.70. The summed E-state index contributed by atoms with van der Waals surface area (Å²) in [7, 11) is 0. The lowest BCUT2D eigenvalue weighted by atomic mass is 10.1. The summed E-state index contributed by atoms with van der Waals surface area (Å²) in [6.45, 7) is 1.87. The number of aryl methyl sites for hydroxylation is 1. The van der Waals surface area contributed by atoms with Crippen LogP contribution in [0.4, 0.5) is 11.4 Å². The van der Waals surface area contributed by atoms with Crippen LogP contribution in [0.1, 0.15) is 21.5 Å². The van der Waals surface area contributed by atoms with Crippen molar-refractivity contribution in [1.29, 1.82) is 0 Å². The summed E-state index contributed by atoms with van der Waals surface area (Å²) >= 11 is 0. The first-order valence-electron chi connectivity index (χ1n) is 9.83. The quantitative estimate of drug-likeness (QED) is 0.161. The molecular weight excluding hydrogens is 426 g/mol. The number of esters is 1. The molecule has 33 heavy (non-hydrogen) atoms. The molecule has 1 heterocycles. The maximum atomic E-state index is 12.9. The molecule has 1 N–H and O–H groups in total. The summed E-state index contributed by atoms with van der Waals surface area (Å²) in [5, 5.41) is 12.3. The van der Waals surface area contributed by atoms with E-state index >= 15 is 0 Å². The van der Waals surface area contributed by atoms with E-state index in [4.69, 9.17) is 4.74 Å². The molecule has 0 bridgehead atoms. The molecule has 1 saturated heterocycles. The molecule has 0 saturated carbocycles. The average molecular weight is 443 g/mol. The second kappa shape index (κ2) is 8.75. The number of carbonyl (C=O) groups excluding carboxylic acids is 3. The molecule has 0 spiro atoms. The third-order valence-corrected chi connectivity index (χ3v) is 4.90. The Kier molecular flexibility index (Phi) is 5.69. The number of nitrogens with one attached hydrogen (secondary N) is 1. The zero-order valence-electron chi connectivity index (χ0n) is 17.3. The number of rotatable bonds is 5. The number of nitro groups is 1. The van der Waals surface area contributed by atoms with Gasteiger partial charge in [0, 0.05) is 17.7 Å². The Morgan fingerprint density at radius 1 is 1.03 bits per heavy atom. The summed E-state index contributed by atoms with van der Waals surface area (Å²) in [6.07, 6.45) is 1.17. The first-order chi connectivity index (χ1) is 15.8. The van der Waals surface area contributed by atoms with Crippen LogP contribution in [0, 0.1) is 17.0 Å². The normalized spacial score (nSPS) is 14.3. The van der Waals surface area contributed by atoms with Crippen molar-refractivity contribution in [2.24, 2.45) is 0 Å². The summed E-state index contributed by atoms with van der Waals surface area (Å²) in [5.41, 5.74) is 3.64. The SMILES string of the molecule is Cc1ccc(C(=O)Oc2ccc([N+](=O)[O-])cc2C=C2C(=O)NN(c3ccccc3)C2=O)cc1. The molecule has 0 unspecified atom stereocenters. The lowest BCUT2D eigenvalue weighted by molar-refractivity contribution is -0.384. The van der Waals surface area contributed by atoms with Gasteiger partial charge in [0.15, 0.2) is 0 Å². The molecule has 2 amide bonds. The highest BCUT2D eigenvalue weighted by atomic mass is 16.6. The van der Waals surface area contributed by atoms with Crippen molar-refractivity contribution in [3.63, 3.8) is 0 Å². The van der Waals surface area contributed by atoms with E-state index in [-0.39, 0.29) is 28.1 Å². The molecule has 0 radical (unpaired) electrons. The first kappa shape index (κ1) is 21.4. The van der Waals surface area contributed by atoms with Crippen molar-refractivity contribution >= 4 is 35.2 Å². The van der Waals surface area contributed by atoms with Gasteiger partial charge in [0.2, 0.25) is 0 Å². The van der Waals surface area contributed by atoms with Crippen LogP contribution in [0.3, 0.4) is 0 Å². The lowest BCUT2D eigenvalue weighted by Gasteiger charge is -2.13. The molecule has 9 nitrogen and oxygen atoms in total. The van der Waals surface area contributed by atoms with Gasteiger partial charge in [0.25, 0.3) is 17.5 Å². The zero-order chi connectivity index (χ0) is 23.5. The fourth-order valence-electron chi connectivity index (χ4n) is 3.18. The minimum absolute atomic E-state index is 0.0302. The minimum Gasteiger partial charge on any atom is -0.422 e. The molecular formula is C24H17N3O6. The number of carbonyl (C=O) groups is 3. The summed E-state index contributed by atoms with van der Waals surface area (Å²) in [5.74, 6) is -2.05. The largest absolute Gasteiger partial charge is 0.422 e. The highest BCUT2D eigenvalue weighted by molar-refractivity contribution is 6.31. The molecule has 164 valence electrons. The maximum Gasteiger partial charge on any atom is 0.343 e. The lowest BCUT2D eigenvalue weighted by Crippen LogP contribution is -2.35. The Hall–Kier alpha value is -4.79. The van der Waals surface area contributed by atoms with Gasteiger partial charge in [-0.05, 0) is 43.3 Å². The fourth-order valence-corrected chi connectivity index (χ4v) is 3.18.